The monoisotopic (exact) mass is 272 g/mol. The number of amides is 1. The van der Waals surface area contributed by atoms with E-state index in [1.807, 2.05) is 19.0 Å². The molecule has 3 N–H and O–H groups in total. The molecule has 0 aromatic carbocycles. The fraction of sp³-hybridized carbons (Fsp3) is 0.846. The number of aliphatic hydroxyl groups is 1. The maximum absolute atomic E-state index is 12.0. The van der Waals surface area contributed by atoms with E-state index in [1.54, 1.807) is 6.92 Å². The molecule has 0 heterocycles. The number of aliphatic carboxylic acids is 1. The van der Waals surface area contributed by atoms with Crippen LogP contribution in [0.1, 0.15) is 26.2 Å². The van der Waals surface area contributed by atoms with E-state index in [0.29, 0.717) is 19.4 Å². The fourth-order valence-corrected chi connectivity index (χ4v) is 2.72. The summed E-state index contributed by atoms with van der Waals surface area (Å²) in [6.45, 7) is 2.21. The van der Waals surface area contributed by atoms with Crippen molar-refractivity contribution < 1.29 is 19.8 Å². The number of carboxylic acids is 1. The molecular weight excluding hydrogens is 248 g/mol. The highest BCUT2D eigenvalue weighted by atomic mass is 16.4. The molecule has 6 heteroatoms. The minimum Gasteiger partial charge on any atom is -0.481 e. The second-order valence-electron chi connectivity index (χ2n) is 5.93. The topological polar surface area (TPSA) is 89.9 Å². The number of carbonyl (C=O) groups is 2. The van der Waals surface area contributed by atoms with E-state index < -0.39 is 23.4 Å². The van der Waals surface area contributed by atoms with Crippen molar-refractivity contribution in [3.63, 3.8) is 0 Å². The van der Waals surface area contributed by atoms with Crippen LogP contribution in [0.25, 0.3) is 0 Å². The van der Waals surface area contributed by atoms with Crippen molar-refractivity contribution in [2.24, 2.45) is 11.8 Å². The van der Waals surface area contributed by atoms with Gasteiger partial charge >= 0.3 is 5.97 Å². The van der Waals surface area contributed by atoms with Gasteiger partial charge in [0.15, 0.2) is 0 Å². The summed E-state index contributed by atoms with van der Waals surface area (Å²) in [6.07, 6.45) is 1.93. The van der Waals surface area contributed by atoms with E-state index in [4.69, 9.17) is 5.11 Å². The Kier molecular flexibility index (Phi) is 5.31. The molecule has 1 aliphatic carbocycles. The van der Waals surface area contributed by atoms with Gasteiger partial charge in [0.05, 0.1) is 17.4 Å². The lowest BCUT2D eigenvalue weighted by Crippen LogP contribution is -2.48. The first kappa shape index (κ1) is 15.9. The van der Waals surface area contributed by atoms with Gasteiger partial charge < -0.3 is 20.4 Å². The summed E-state index contributed by atoms with van der Waals surface area (Å²) < 4.78 is 0. The van der Waals surface area contributed by atoms with Gasteiger partial charge in [0.2, 0.25) is 5.91 Å². The quantitative estimate of drug-likeness (QED) is 0.629. The molecule has 0 spiro atoms. The van der Waals surface area contributed by atoms with Crippen molar-refractivity contribution in [2.75, 3.05) is 27.2 Å². The van der Waals surface area contributed by atoms with Crippen LogP contribution in [-0.2, 0) is 9.59 Å². The van der Waals surface area contributed by atoms with Gasteiger partial charge in [0.1, 0.15) is 0 Å². The molecule has 0 saturated heterocycles. The summed E-state index contributed by atoms with van der Waals surface area (Å²) in [5, 5.41) is 21.8. The minimum atomic E-state index is -1.02. The number of carbonyl (C=O) groups excluding carboxylic acids is 1. The van der Waals surface area contributed by atoms with Gasteiger partial charge in [-0.3, -0.25) is 9.59 Å². The average Bonchev–Trinajstić information content (AvgIpc) is 2.73. The van der Waals surface area contributed by atoms with Crippen molar-refractivity contribution in [1.82, 2.24) is 10.2 Å². The predicted octanol–water partition coefficient (Wildman–Crippen LogP) is -0.0839. The van der Waals surface area contributed by atoms with Gasteiger partial charge in [-0.1, -0.05) is 6.42 Å². The standard InChI is InChI=1S/C13H24N2O4/c1-13(19,8-15(2)3)7-14-11(16)9-5-4-6-10(9)12(17)18/h9-10,19H,4-8H2,1-3H3,(H,14,16)(H,17,18). The molecule has 1 saturated carbocycles. The van der Waals surface area contributed by atoms with Crippen LogP contribution in [0, 0.1) is 11.8 Å². The summed E-state index contributed by atoms with van der Waals surface area (Å²) in [4.78, 5) is 24.9. The minimum absolute atomic E-state index is 0.132. The molecule has 3 atom stereocenters. The van der Waals surface area contributed by atoms with E-state index in [-0.39, 0.29) is 12.5 Å². The molecule has 0 aromatic heterocycles. The molecule has 1 aliphatic rings. The molecule has 1 fully saturated rings. The first-order chi connectivity index (χ1) is 8.73. The maximum Gasteiger partial charge on any atom is 0.307 e. The molecule has 6 nitrogen and oxygen atoms in total. The number of rotatable bonds is 6. The molecule has 110 valence electrons. The van der Waals surface area contributed by atoms with Crippen LogP contribution in [0.2, 0.25) is 0 Å². The SMILES string of the molecule is CN(C)CC(C)(O)CNC(=O)C1CCCC1C(=O)O. The van der Waals surface area contributed by atoms with Crippen LogP contribution >= 0.6 is 0 Å². The van der Waals surface area contributed by atoms with Crippen LogP contribution in [0.3, 0.4) is 0 Å². The van der Waals surface area contributed by atoms with Crippen LogP contribution in [0.4, 0.5) is 0 Å². The Hall–Kier alpha value is -1.14. The molecule has 0 radical (unpaired) electrons. The lowest BCUT2D eigenvalue weighted by molar-refractivity contribution is -0.146. The molecule has 1 rings (SSSR count). The highest BCUT2D eigenvalue weighted by molar-refractivity contribution is 5.85. The Morgan fingerprint density at radius 3 is 2.42 bits per heavy atom. The Bertz CT molecular complexity index is 342. The highest BCUT2D eigenvalue weighted by Crippen LogP contribution is 2.32. The Balaban J connectivity index is 2.49. The lowest BCUT2D eigenvalue weighted by atomic mass is 9.95. The first-order valence-corrected chi connectivity index (χ1v) is 6.60. The molecule has 19 heavy (non-hydrogen) atoms. The summed E-state index contributed by atoms with van der Waals surface area (Å²) in [6, 6.07) is 0. The Morgan fingerprint density at radius 1 is 1.32 bits per heavy atom. The molecule has 1 amide bonds. The largest absolute Gasteiger partial charge is 0.481 e. The van der Waals surface area contributed by atoms with E-state index >= 15 is 0 Å². The number of nitrogens with one attached hydrogen (secondary N) is 1. The van der Waals surface area contributed by atoms with Gasteiger partial charge in [-0.15, -0.1) is 0 Å². The van der Waals surface area contributed by atoms with Crippen molar-refractivity contribution in [3.05, 3.63) is 0 Å². The maximum atomic E-state index is 12.0. The Labute approximate surface area is 113 Å². The van der Waals surface area contributed by atoms with Crippen LogP contribution in [0.5, 0.6) is 0 Å². The van der Waals surface area contributed by atoms with Crippen molar-refractivity contribution in [2.45, 2.75) is 31.8 Å². The van der Waals surface area contributed by atoms with Crippen molar-refractivity contribution in [3.8, 4) is 0 Å². The summed E-state index contributed by atoms with van der Waals surface area (Å²) in [5.74, 6) is -2.21. The average molecular weight is 272 g/mol. The van der Waals surface area contributed by atoms with Gasteiger partial charge in [-0.05, 0) is 33.9 Å². The third-order valence-electron chi connectivity index (χ3n) is 3.47. The summed E-state index contributed by atoms with van der Waals surface area (Å²) >= 11 is 0. The van der Waals surface area contributed by atoms with Crippen LogP contribution in [0.15, 0.2) is 0 Å². The van der Waals surface area contributed by atoms with Crippen LogP contribution < -0.4 is 5.32 Å². The smallest absolute Gasteiger partial charge is 0.307 e. The van der Waals surface area contributed by atoms with E-state index in [0.717, 1.165) is 6.42 Å². The van der Waals surface area contributed by atoms with Crippen molar-refractivity contribution in [1.29, 1.82) is 0 Å². The Morgan fingerprint density at radius 2 is 1.89 bits per heavy atom. The van der Waals surface area contributed by atoms with Gasteiger partial charge in [-0.25, -0.2) is 0 Å². The van der Waals surface area contributed by atoms with Crippen LogP contribution in [-0.4, -0.2) is 59.8 Å². The second-order valence-corrected chi connectivity index (χ2v) is 5.93. The van der Waals surface area contributed by atoms with E-state index in [1.165, 1.54) is 0 Å². The third kappa shape index (κ3) is 4.80. The normalized spacial score (nSPS) is 26.2. The molecule has 3 unspecified atom stereocenters. The van der Waals surface area contributed by atoms with E-state index in [2.05, 4.69) is 5.32 Å². The zero-order valence-electron chi connectivity index (χ0n) is 11.8. The fourth-order valence-electron chi connectivity index (χ4n) is 2.72. The molecular formula is C13H24N2O4. The van der Waals surface area contributed by atoms with Gasteiger partial charge in [-0.2, -0.15) is 0 Å². The zero-order chi connectivity index (χ0) is 14.6. The lowest BCUT2D eigenvalue weighted by Gasteiger charge is -2.28. The number of nitrogens with zero attached hydrogens (tertiary/aromatic N) is 1. The zero-order valence-corrected chi connectivity index (χ0v) is 11.8. The summed E-state index contributed by atoms with van der Waals surface area (Å²) in [5.41, 5.74) is -1.02. The first-order valence-electron chi connectivity index (χ1n) is 6.60. The van der Waals surface area contributed by atoms with Gasteiger partial charge in [0.25, 0.3) is 0 Å². The molecule has 0 aromatic rings. The number of likely N-dealkylation sites (N-methyl/N-ethyl adjacent to an activating group) is 1. The highest BCUT2D eigenvalue weighted by Gasteiger charge is 2.38. The number of hydrogen-bond donors (Lipinski definition) is 3. The van der Waals surface area contributed by atoms with Crippen molar-refractivity contribution >= 4 is 11.9 Å². The molecule has 0 aliphatic heterocycles. The number of carboxylic acid groups (broad SMARTS) is 1. The second kappa shape index (κ2) is 6.34. The number of hydrogen-bond acceptors (Lipinski definition) is 4. The predicted molar refractivity (Wildman–Crippen MR) is 70.7 cm³/mol. The van der Waals surface area contributed by atoms with E-state index in [9.17, 15) is 14.7 Å². The molecule has 0 bridgehead atoms. The van der Waals surface area contributed by atoms with Gasteiger partial charge in [0, 0.05) is 13.1 Å². The summed E-state index contributed by atoms with van der Waals surface area (Å²) in [7, 11) is 3.68. The third-order valence-corrected chi connectivity index (χ3v) is 3.47.